The number of fused-ring (bicyclic) bond motifs is 1. The van der Waals surface area contributed by atoms with Crippen molar-refractivity contribution >= 4 is 11.9 Å². The van der Waals surface area contributed by atoms with Gasteiger partial charge in [0.2, 0.25) is 0 Å². The summed E-state index contributed by atoms with van der Waals surface area (Å²) >= 11 is 0. The normalized spacial score (nSPS) is 28.3. The minimum atomic E-state index is -0.882. The van der Waals surface area contributed by atoms with E-state index in [1.165, 1.54) is 6.42 Å². The van der Waals surface area contributed by atoms with E-state index in [0.717, 1.165) is 24.7 Å². The van der Waals surface area contributed by atoms with E-state index < -0.39 is 12.2 Å². The molecule has 0 heterocycles. The molecule has 3 atom stereocenters. The van der Waals surface area contributed by atoms with Crippen molar-refractivity contribution in [1.29, 1.82) is 0 Å². The number of hydrogen-bond acceptors (Lipinski definition) is 3. The molecule has 4 nitrogen and oxygen atoms in total. The van der Waals surface area contributed by atoms with Crippen LogP contribution in [0.2, 0.25) is 0 Å². The molecule has 1 amide bonds. The molecule has 94 valence electrons. The summed E-state index contributed by atoms with van der Waals surface area (Å²) in [5.74, 6) is 2.00. The maximum Gasteiger partial charge on any atom is 0.405 e. The first-order valence-electron chi connectivity index (χ1n) is 6.13. The molecule has 2 rings (SSSR count). The zero-order valence-electron chi connectivity index (χ0n) is 10.1. The highest BCUT2D eigenvalue weighted by atomic mass is 16.6. The van der Waals surface area contributed by atoms with Crippen molar-refractivity contribution in [3.05, 3.63) is 12.2 Å². The average Bonchev–Trinajstić information content (AvgIpc) is 2.84. The second kappa shape index (κ2) is 4.51. The predicted molar refractivity (Wildman–Crippen MR) is 63.2 cm³/mol. The van der Waals surface area contributed by atoms with Crippen LogP contribution in [0, 0.1) is 17.8 Å². The number of hydrogen-bond donors (Lipinski definition) is 1. The maximum atomic E-state index is 11.8. The Labute approximate surface area is 101 Å². The van der Waals surface area contributed by atoms with E-state index in [1.807, 2.05) is 0 Å². The number of ketones is 1. The van der Waals surface area contributed by atoms with Crippen molar-refractivity contribution in [2.75, 3.05) is 0 Å². The number of rotatable bonds is 5. The van der Waals surface area contributed by atoms with Gasteiger partial charge in [-0.05, 0) is 55.9 Å². The van der Waals surface area contributed by atoms with Gasteiger partial charge >= 0.3 is 6.09 Å². The topological polar surface area (TPSA) is 69.4 Å². The highest BCUT2D eigenvalue weighted by Gasteiger charge is 2.46. The molecule has 2 fully saturated rings. The lowest BCUT2D eigenvalue weighted by Gasteiger charge is -2.20. The quantitative estimate of drug-likeness (QED) is 0.744. The lowest BCUT2D eigenvalue weighted by Crippen LogP contribution is -2.32. The van der Waals surface area contributed by atoms with Crippen molar-refractivity contribution < 1.29 is 14.3 Å². The minimum Gasteiger partial charge on any atom is -0.438 e. The third-order valence-corrected chi connectivity index (χ3v) is 3.86. The van der Waals surface area contributed by atoms with Crippen LogP contribution in [0.25, 0.3) is 0 Å². The Balaban J connectivity index is 1.92. The van der Waals surface area contributed by atoms with E-state index in [2.05, 4.69) is 6.58 Å². The van der Waals surface area contributed by atoms with Crippen LogP contribution in [0.3, 0.4) is 0 Å². The number of Topliss-reactive ketones (excluding diaryl/α,β-unsaturated/α-hetero) is 1. The van der Waals surface area contributed by atoms with Crippen molar-refractivity contribution in [3.8, 4) is 0 Å². The van der Waals surface area contributed by atoms with Gasteiger partial charge < -0.3 is 10.5 Å². The molecule has 17 heavy (non-hydrogen) atoms. The Hall–Kier alpha value is -1.32. The van der Waals surface area contributed by atoms with E-state index in [1.54, 1.807) is 6.92 Å². The van der Waals surface area contributed by atoms with Gasteiger partial charge in [-0.3, -0.25) is 4.79 Å². The lowest BCUT2D eigenvalue weighted by molar-refractivity contribution is -0.124. The van der Waals surface area contributed by atoms with Gasteiger partial charge in [0.05, 0.1) is 0 Å². The molecule has 0 bridgehead atoms. The highest BCUT2D eigenvalue weighted by Crippen LogP contribution is 2.55. The van der Waals surface area contributed by atoms with Gasteiger partial charge in [-0.1, -0.05) is 6.58 Å². The largest absolute Gasteiger partial charge is 0.438 e. The monoisotopic (exact) mass is 237 g/mol. The van der Waals surface area contributed by atoms with Crippen molar-refractivity contribution in [2.45, 2.75) is 38.7 Å². The number of carbonyl (C=O) groups excluding carboxylic acids is 2. The van der Waals surface area contributed by atoms with Crippen LogP contribution >= 0.6 is 0 Å². The summed E-state index contributed by atoms with van der Waals surface area (Å²) in [5, 5.41) is 0. The Kier molecular flexibility index (Phi) is 3.22. The van der Waals surface area contributed by atoms with Gasteiger partial charge in [-0.2, -0.15) is 0 Å². The Morgan fingerprint density at radius 1 is 1.35 bits per heavy atom. The highest BCUT2D eigenvalue weighted by molar-refractivity contribution is 5.98. The zero-order chi connectivity index (χ0) is 12.6. The number of primary amides is 1. The van der Waals surface area contributed by atoms with E-state index >= 15 is 0 Å². The van der Waals surface area contributed by atoms with Crippen LogP contribution in [0.15, 0.2) is 12.2 Å². The summed E-state index contributed by atoms with van der Waals surface area (Å²) in [6.45, 7) is 5.23. The van der Waals surface area contributed by atoms with Crippen LogP contribution in [-0.4, -0.2) is 18.0 Å². The number of ether oxygens (including phenoxy) is 1. The molecular weight excluding hydrogens is 218 g/mol. The predicted octanol–water partition coefficient (Wildman–Crippen LogP) is 2.03. The molecule has 2 N–H and O–H groups in total. The van der Waals surface area contributed by atoms with Gasteiger partial charge in [-0.15, -0.1) is 0 Å². The fourth-order valence-corrected chi connectivity index (χ4v) is 2.96. The first-order chi connectivity index (χ1) is 7.97. The first-order valence-corrected chi connectivity index (χ1v) is 6.13. The molecule has 0 aromatic heterocycles. The molecule has 0 aromatic rings. The zero-order valence-corrected chi connectivity index (χ0v) is 10.1. The number of carbonyl (C=O) groups is 2. The summed E-state index contributed by atoms with van der Waals surface area (Å²) in [5.41, 5.74) is 5.41. The molecule has 0 saturated heterocycles. The van der Waals surface area contributed by atoms with Crippen molar-refractivity contribution in [3.63, 3.8) is 0 Å². The van der Waals surface area contributed by atoms with Gasteiger partial charge in [0.25, 0.3) is 0 Å². The lowest BCUT2D eigenvalue weighted by atomic mass is 9.93. The third kappa shape index (κ3) is 2.87. The number of amides is 1. The van der Waals surface area contributed by atoms with E-state index in [0.29, 0.717) is 17.9 Å². The SMILES string of the molecule is C=C(C)C(=O)[C@H](CC1C[C@@H]2C[C@H]2C1)OC(N)=O. The molecule has 0 unspecified atom stereocenters. The summed E-state index contributed by atoms with van der Waals surface area (Å²) in [6.07, 6.45) is 2.65. The molecule has 2 aliphatic rings. The molecule has 0 aromatic carbocycles. The molecular formula is C13H19NO3. The van der Waals surface area contributed by atoms with Gasteiger partial charge in [0.15, 0.2) is 11.9 Å². The molecule has 0 radical (unpaired) electrons. The molecule has 0 aliphatic heterocycles. The molecule has 0 spiro atoms. The smallest absolute Gasteiger partial charge is 0.405 e. The summed E-state index contributed by atoms with van der Waals surface area (Å²) in [6, 6.07) is 0. The van der Waals surface area contributed by atoms with Gasteiger partial charge in [-0.25, -0.2) is 4.79 Å². The standard InChI is InChI=1S/C13H19NO3/c1-7(2)12(15)11(17-13(14)16)5-8-3-9-6-10(9)4-8/h8-11H,1,3-6H2,2H3,(H2,14,16)/t9-,10-,11+/m1/s1. The van der Waals surface area contributed by atoms with Gasteiger partial charge in [0.1, 0.15) is 0 Å². The molecule has 2 saturated carbocycles. The number of nitrogens with two attached hydrogens (primary N) is 1. The van der Waals surface area contributed by atoms with E-state index in [4.69, 9.17) is 10.5 Å². The van der Waals surface area contributed by atoms with Crippen LogP contribution in [-0.2, 0) is 9.53 Å². The maximum absolute atomic E-state index is 11.8. The average molecular weight is 237 g/mol. The van der Waals surface area contributed by atoms with Crippen LogP contribution in [0.4, 0.5) is 4.79 Å². The third-order valence-electron chi connectivity index (χ3n) is 3.86. The van der Waals surface area contributed by atoms with E-state index in [-0.39, 0.29) is 5.78 Å². The Bertz CT molecular complexity index is 354. The fourth-order valence-electron chi connectivity index (χ4n) is 2.96. The summed E-state index contributed by atoms with van der Waals surface area (Å²) in [4.78, 5) is 22.6. The Morgan fingerprint density at radius 2 is 1.94 bits per heavy atom. The van der Waals surface area contributed by atoms with Gasteiger partial charge in [0, 0.05) is 0 Å². The summed E-state index contributed by atoms with van der Waals surface area (Å²) in [7, 11) is 0. The van der Waals surface area contributed by atoms with Crippen LogP contribution in [0.1, 0.15) is 32.6 Å². The first kappa shape index (κ1) is 12.1. The second-order valence-corrected chi connectivity index (χ2v) is 5.40. The van der Waals surface area contributed by atoms with Crippen LogP contribution in [0.5, 0.6) is 0 Å². The van der Waals surface area contributed by atoms with E-state index in [9.17, 15) is 9.59 Å². The molecule has 2 aliphatic carbocycles. The van der Waals surface area contributed by atoms with Crippen molar-refractivity contribution in [1.82, 2.24) is 0 Å². The fraction of sp³-hybridized carbons (Fsp3) is 0.692. The Morgan fingerprint density at radius 3 is 2.41 bits per heavy atom. The second-order valence-electron chi connectivity index (χ2n) is 5.40. The van der Waals surface area contributed by atoms with Crippen LogP contribution < -0.4 is 5.73 Å². The van der Waals surface area contributed by atoms with Crippen molar-refractivity contribution in [2.24, 2.45) is 23.5 Å². The summed E-state index contributed by atoms with van der Waals surface area (Å²) < 4.78 is 4.91. The molecule has 4 heteroatoms. The minimum absolute atomic E-state index is 0.204.